The number of carbonyl (C=O) groups excluding carboxylic acids is 1. The third kappa shape index (κ3) is 4.54. The molecule has 0 spiro atoms. The molecule has 4 nitrogen and oxygen atoms in total. The van der Waals surface area contributed by atoms with Gasteiger partial charge >= 0.3 is 6.09 Å². The van der Waals surface area contributed by atoms with Crippen molar-refractivity contribution in [3.8, 4) is 5.75 Å². The highest BCUT2D eigenvalue weighted by molar-refractivity contribution is 9.10. The van der Waals surface area contributed by atoms with Crippen molar-refractivity contribution in [2.45, 2.75) is 25.8 Å². The van der Waals surface area contributed by atoms with Crippen molar-refractivity contribution >= 4 is 22.0 Å². The van der Waals surface area contributed by atoms with Gasteiger partial charge < -0.3 is 9.47 Å². The van der Waals surface area contributed by atoms with Crippen LogP contribution in [0.1, 0.15) is 16.7 Å². The summed E-state index contributed by atoms with van der Waals surface area (Å²) in [4.78, 5) is 14.6. The normalized spacial score (nSPS) is 14.8. The summed E-state index contributed by atoms with van der Waals surface area (Å²) >= 11 is 3.46. The van der Waals surface area contributed by atoms with Crippen LogP contribution >= 0.6 is 15.9 Å². The Morgan fingerprint density at radius 1 is 0.964 bits per heavy atom. The van der Waals surface area contributed by atoms with Gasteiger partial charge in [0.1, 0.15) is 5.75 Å². The minimum atomic E-state index is -0.606. The molecule has 1 heterocycles. The maximum atomic E-state index is 12.9. The topological polar surface area (TPSA) is 38.8 Å². The van der Waals surface area contributed by atoms with Crippen molar-refractivity contribution in [1.29, 1.82) is 0 Å². The average Bonchev–Trinajstić information content (AvgIpc) is 3.10. The number of fused-ring (bicyclic) bond motifs is 1. The summed E-state index contributed by atoms with van der Waals surface area (Å²) in [5.41, 5.74) is 3.13. The maximum Gasteiger partial charge on any atom is 0.413 e. The monoisotopic (exact) mass is 437 g/mol. The second kappa shape index (κ2) is 8.48. The Balaban J connectivity index is 1.47. The second-order valence-corrected chi connectivity index (χ2v) is 7.63. The second-order valence-electron chi connectivity index (χ2n) is 6.71. The van der Waals surface area contributed by atoms with Gasteiger partial charge in [-0.2, -0.15) is 0 Å². The first kappa shape index (κ1) is 18.6. The summed E-state index contributed by atoms with van der Waals surface area (Å²) in [7, 11) is 0. The van der Waals surface area contributed by atoms with Crippen LogP contribution in [0.3, 0.4) is 0 Å². The Kier molecular flexibility index (Phi) is 5.63. The van der Waals surface area contributed by atoms with Gasteiger partial charge in [-0.25, -0.2) is 4.79 Å². The molecule has 0 bridgehead atoms. The molecule has 0 aliphatic carbocycles. The third-order valence-corrected chi connectivity index (χ3v) is 5.08. The predicted molar refractivity (Wildman–Crippen MR) is 111 cm³/mol. The Hall–Kier alpha value is -2.79. The van der Waals surface area contributed by atoms with Crippen LogP contribution in [0.2, 0.25) is 0 Å². The van der Waals surface area contributed by atoms with Crippen LogP contribution in [0.4, 0.5) is 4.79 Å². The summed E-state index contributed by atoms with van der Waals surface area (Å²) in [6, 6.07) is 25.6. The lowest BCUT2D eigenvalue weighted by Gasteiger charge is -2.24. The van der Waals surface area contributed by atoms with Crippen LogP contribution in [0, 0.1) is 0 Å². The Bertz CT molecular complexity index is 905. The van der Waals surface area contributed by atoms with E-state index >= 15 is 0 Å². The first-order chi connectivity index (χ1) is 13.7. The molecule has 0 aromatic heterocycles. The number of nitrogens with zero attached hydrogens (tertiary/aromatic N) is 1. The number of halogens is 1. The molecule has 0 radical (unpaired) electrons. The zero-order chi connectivity index (χ0) is 19.3. The molecule has 1 amide bonds. The van der Waals surface area contributed by atoms with Crippen LogP contribution in [0.25, 0.3) is 0 Å². The van der Waals surface area contributed by atoms with E-state index in [0.717, 1.165) is 26.9 Å². The molecule has 142 valence electrons. The van der Waals surface area contributed by atoms with E-state index in [2.05, 4.69) is 15.9 Å². The maximum absolute atomic E-state index is 12.9. The van der Waals surface area contributed by atoms with Crippen LogP contribution in [0.5, 0.6) is 5.75 Å². The average molecular weight is 438 g/mol. The zero-order valence-corrected chi connectivity index (χ0v) is 16.8. The molecule has 1 aliphatic rings. The van der Waals surface area contributed by atoms with Gasteiger partial charge in [0.05, 0.1) is 6.42 Å². The molecule has 0 saturated heterocycles. The predicted octanol–water partition coefficient (Wildman–Crippen LogP) is 5.55. The highest BCUT2D eigenvalue weighted by atomic mass is 79.9. The fourth-order valence-corrected chi connectivity index (χ4v) is 3.64. The molecule has 1 unspecified atom stereocenters. The highest BCUT2D eigenvalue weighted by Gasteiger charge is 2.28. The molecule has 0 N–H and O–H groups in total. The van der Waals surface area contributed by atoms with Gasteiger partial charge in [-0.3, -0.25) is 4.90 Å². The quantitative estimate of drug-likeness (QED) is 0.525. The smallest absolute Gasteiger partial charge is 0.413 e. The fourth-order valence-electron chi connectivity index (χ4n) is 3.23. The van der Waals surface area contributed by atoms with Gasteiger partial charge in [0.2, 0.25) is 6.29 Å². The van der Waals surface area contributed by atoms with E-state index in [9.17, 15) is 4.79 Å². The summed E-state index contributed by atoms with van der Waals surface area (Å²) in [5, 5.41) is 0. The van der Waals surface area contributed by atoms with Gasteiger partial charge in [-0.15, -0.1) is 0 Å². The SMILES string of the molecule is O=C(OC1Cc2cc(Br)ccc2O1)N(Cc1ccccc1)Cc1ccccc1. The van der Waals surface area contributed by atoms with Crippen molar-refractivity contribution in [3.05, 3.63) is 100 Å². The standard InChI is InChI=1S/C23H20BrNO3/c24-20-11-12-21-19(13-20)14-22(27-21)28-23(26)25(15-17-7-3-1-4-8-17)16-18-9-5-2-6-10-18/h1-13,22H,14-16H2. The minimum absolute atomic E-state index is 0.385. The zero-order valence-electron chi connectivity index (χ0n) is 15.3. The van der Waals surface area contributed by atoms with Gasteiger partial charge in [0, 0.05) is 23.1 Å². The molecular formula is C23H20BrNO3. The lowest BCUT2D eigenvalue weighted by molar-refractivity contribution is -0.0341. The molecule has 3 aromatic rings. The van der Waals surface area contributed by atoms with Gasteiger partial charge in [-0.05, 0) is 29.3 Å². The molecule has 5 heteroatoms. The van der Waals surface area contributed by atoms with Crippen LogP contribution < -0.4 is 4.74 Å². The van der Waals surface area contributed by atoms with Crippen molar-refractivity contribution in [3.63, 3.8) is 0 Å². The molecular weight excluding hydrogens is 418 g/mol. The van der Waals surface area contributed by atoms with E-state index in [1.807, 2.05) is 78.9 Å². The molecule has 28 heavy (non-hydrogen) atoms. The molecule has 1 atom stereocenters. The fraction of sp³-hybridized carbons (Fsp3) is 0.174. The van der Waals surface area contributed by atoms with E-state index < -0.39 is 6.29 Å². The number of ether oxygens (including phenoxy) is 2. The highest BCUT2D eigenvalue weighted by Crippen LogP contribution is 2.32. The van der Waals surface area contributed by atoms with E-state index in [1.54, 1.807) is 4.90 Å². The van der Waals surface area contributed by atoms with Crippen LogP contribution in [0.15, 0.2) is 83.3 Å². The number of benzene rings is 3. The first-order valence-corrected chi connectivity index (χ1v) is 9.95. The minimum Gasteiger partial charge on any atom is -0.454 e. The van der Waals surface area contributed by atoms with E-state index in [0.29, 0.717) is 19.5 Å². The van der Waals surface area contributed by atoms with Gasteiger partial charge in [0.15, 0.2) is 0 Å². The number of carbonyl (C=O) groups is 1. The first-order valence-electron chi connectivity index (χ1n) is 9.16. The number of rotatable bonds is 5. The number of amides is 1. The largest absolute Gasteiger partial charge is 0.454 e. The van der Waals surface area contributed by atoms with Gasteiger partial charge in [0.25, 0.3) is 0 Å². The summed E-state index contributed by atoms with van der Waals surface area (Å²) in [5.74, 6) is 0.763. The molecule has 3 aromatic carbocycles. The van der Waals surface area contributed by atoms with E-state index in [-0.39, 0.29) is 6.09 Å². The third-order valence-electron chi connectivity index (χ3n) is 4.59. The van der Waals surface area contributed by atoms with Crippen molar-refractivity contribution in [2.24, 2.45) is 0 Å². The molecule has 4 rings (SSSR count). The lowest BCUT2D eigenvalue weighted by Crippen LogP contribution is -2.35. The Morgan fingerprint density at radius 2 is 1.57 bits per heavy atom. The summed E-state index contributed by atoms with van der Waals surface area (Å²) in [6.45, 7) is 0.944. The Morgan fingerprint density at radius 3 is 2.18 bits per heavy atom. The molecule has 0 fully saturated rings. The summed E-state index contributed by atoms with van der Waals surface area (Å²) < 4.78 is 12.5. The van der Waals surface area contributed by atoms with E-state index in [4.69, 9.17) is 9.47 Å². The Labute approximate surface area is 172 Å². The molecule has 0 saturated carbocycles. The van der Waals surface area contributed by atoms with Crippen molar-refractivity contribution in [2.75, 3.05) is 0 Å². The lowest BCUT2D eigenvalue weighted by atomic mass is 10.2. The molecule has 1 aliphatic heterocycles. The van der Waals surface area contributed by atoms with E-state index in [1.165, 1.54) is 0 Å². The van der Waals surface area contributed by atoms with Crippen molar-refractivity contribution in [1.82, 2.24) is 4.90 Å². The number of hydrogen-bond donors (Lipinski definition) is 0. The van der Waals surface area contributed by atoms with Crippen LogP contribution in [-0.4, -0.2) is 17.3 Å². The van der Waals surface area contributed by atoms with Gasteiger partial charge in [-0.1, -0.05) is 76.6 Å². The number of hydrogen-bond acceptors (Lipinski definition) is 3. The van der Waals surface area contributed by atoms with Crippen LogP contribution in [-0.2, 0) is 24.2 Å². The van der Waals surface area contributed by atoms with Crippen molar-refractivity contribution < 1.29 is 14.3 Å². The summed E-state index contributed by atoms with van der Waals surface area (Å²) in [6.07, 6.45) is -0.444.